The van der Waals surface area contributed by atoms with Crippen LogP contribution in [0.5, 0.6) is 0 Å². The van der Waals surface area contributed by atoms with Gasteiger partial charge in [0.2, 0.25) is 0 Å². The molecule has 0 spiro atoms. The largest absolute Gasteiger partial charge is 0.369 e. The molecule has 0 aliphatic heterocycles. The van der Waals surface area contributed by atoms with Gasteiger partial charge in [0.15, 0.2) is 0 Å². The Labute approximate surface area is 131 Å². The van der Waals surface area contributed by atoms with Gasteiger partial charge in [0, 0.05) is 18.4 Å². The molecule has 20 heavy (non-hydrogen) atoms. The Kier molecular flexibility index (Phi) is 7.57. The number of alkyl halides is 1. The quantitative estimate of drug-likeness (QED) is 0.553. The van der Waals surface area contributed by atoms with Crippen molar-refractivity contribution >= 4 is 21.6 Å². The van der Waals surface area contributed by atoms with Crippen LogP contribution >= 0.6 is 15.9 Å². The molecule has 3 heteroatoms. The van der Waals surface area contributed by atoms with E-state index in [9.17, 15) is 4.39 Å². The second kappa shape index (κ2) is 8.66. The molecule has 0 amide bonds. The maximum absolute atomic E-state index is 14.3. The number of benzene rings is 1. The van der Waals surface area contributed by atoms with Crippen LogP contribution in [0, 0.1) is 17.7 Å². The lowest BCUT2D eigenvalue weighted by Gasteiger charge is -2.28. The molecule has 0 saturated carbocycles. The normalized spacial score (nSPS) is 11.4. The standard InChI is InChI=1S/C17H27BrFN/c1-13(2)8-10-20(11-9-14(3)4)17-15(12-18)6-5-7-16(17)19/h5-7,13-14H,8-12H2,1-4H3. The molecule has 0 aliphatic rings. The average molecular weight is 344 g/mol. The first-order valence-corrected chi connectivity index (χ1v) is 8.66. The highest BCUT2D eigenvalue weighted by Gasteiger charge is 2.16. The van der Waals surface area contributed by atoms with Crippen LogP contribution in [0.15, 0.2) is 18.2 Å². The SMILES string of the molecule is CC(C)CCN(CCC(C)C)c1c(F)cccc1CBr. The lowest BCUT2D eigenvalue weighted by molar-refractivity contribution is 0.526. The van der Waals surface area contributed by atoms with Crippen molar-refractivity contribution < 1.29 is 4.39 Å². The molecular formula is C17H27BrFN. The molecule has 0 bridgehead atoms. The van der Waals surface area contributed by atoms with Crippen molar-refractivity contribution in [3.05, 3.63) is 29.6 Å². The van der Waals surface area contributed by atoms with Crippen molar-refractivity contribution in [3.63, 3.8) is 0 Å². The van der Waals surface area contributed by atoms with Gasteiger partial charge in [-0.1, -0.05) is 55.8 Å². The molecule has 1 aromatic rings. The topological polar surface area (TPSA) is 3.24 Å². The molecule has 1 nitrogen and oxygen atoms in total. The fourth-order valence-corrected chi connectivity index (χ4v) is 2.64. The number of anilines is 1. The van der Waals surface area contributed by atoms with Gasteiger partial charge in [-0.3, -0.25) is 0 Å². The van der Waals surface area contributed by atoms with Crippen molar-refractivity contribution in [2.24, 2.45) is 11.8 Å². The van der Waals surface area contributed by atoms with E-state index in [-0.39, 0.29) is 5.82 Å². The predicted molar refractivity (Wildman–Crippen MR) is 90.2 cm³/mol. The Balaban J connectivity index is 2.96. The van der Waals surface area contributed by atoms with E-state index in [1.807, 2.05) is 6.07 Å². The number of para-hydroxylation sites is 1. The highest BCUT2D eigenvalue weighted by molar-refractivity contribution is 9.08. The summed E-state index contributed by atoms with van der Waals surface area (Å²) in [6, 6.07) is 5.36. The highest BCUT2D eigenvalue weighted by Crippen LogP contribution is 2.27. The van der Waals surface area contributed by atoms with E-state index in [0.717, 1.165) is 37.2 Å². The van der Waals surface area contributed by atoms with Crippen molar-refractivity contribution in [1.29, 1.82) is 0 Å². The van der Waals surface area contributed by atoms with Crippen LogP contribution in [0.1, 0.15) is 46.1 Å². The zero-order valence-electron chi connectivity index (χ0n) is 13.1. The Morgan fingerprint density at radius 3 is 2.05 bits per heavy atom. The van der Waals surface area contributed by atoms with E-state index in [1.54, 1.807) is 12.1 Å². The Bertz CT molecular complexity index is 392. The summed E-state index contributed by atoms with van der Waals surface area (Å²) in [6.07, 6.45) is 2.18. The first kappa shape index (κ1) is 17.5. The molecule has 1 aromatic carbocycles. The molecule has 1 rings (SSSR count). The smallest absolute Gasteiger partial charge is 0.146 e. The monoisotopic (exact) mass is 343 g/mol. The fraction of sp³-hybridized carbons (Fsp3) is 0.647. The highest BCUT2D eigenvalue weighted by atomic mass is 79.9. The third-order valence-electron chi connectivity index (χ3n) is 3.48. The van der Waals surface area contributed by atoms with Crippen molar-refractivity contribution in [3.8, 4) is 0 Å². The summed E-state index contributed by atoms with van der Waals surface area (Å²) in [6.45, 7) is 10.7. The van der Waals surface area contributed by atoms with Crippen molar-refractivity contribution in [2.45, 2.75) is 45.9 Å². The zero-order valence-corrected chi connectivity index (χ0v) is 14.7. The maximum atomic E-state index is 14.3. The second-order valence-corrected chi connectivity index (χ2v) is 6.79. The predicted octanol–water partition coefficient (Wildman–Crippen LogP) is 5.62. The van der Waals surface area contributed by atoms with E-state index in [2.05, 4.69) is 48.5 Å². The minimum absolute atomic E-state index is 0.102. The summed E-state index contributed by atoms with van der Waals surface area (Å²) >= 11 is 3.48. The number of halogens is 2. The van der Waals surface area contributed by atoms with E-state index < -0.39 is 0 Å². The number of hydrogen-bond acceptors (Lipinski definition) is 1. The first-order valence-electron chi connectivity index (χ1n) is 7.54. The molecular weight excluding hydrogens is 317 g/mol. The van der Waals surface area contributed by atoms with E-state index in [1.165, 1.54) is 0 Å². The summed E-state index contributed by atoms with van der Waals surface area (Å²) in [7, 11) is 0. The molecule has 0 aromatic heterocycles. The van der Waals surface area contributed by atoms with Crippen molar-refractivity contribution in [2.75, 3.05) is 18.0 Å². The minimum atomic E-state index is -0.102. The van der Waals surface area contributed by atoms with Gasteiger partial charge in [-0.05, 0) is 36.3 Å². The van der Waals surface area contributed by atoms with E-state index in [4.69, 9.17) is 0 Å². The summed E-state index contributed by atoms with van der Waals surface area (Å²) in [5, 5.41) is 0.694. The number of hydrogen-bond donors (Lipinski definition) is 0. The van der Waals surface area contributed by atoms with Gasteiger partial charge in [-0.15, -0.1) is 0 Å². The molecule has 114 valence electrons. The minimum Gasteiger partial charge on any atom is -0.369 e. The lowest BCUT2D eigenvalue weighted by atomic mass is 10.1. The summed E-state index contributed by atoms with van der Waals surface area (Å²) in [4.78, 5) is 2.23. The van der Waals surface area contributed by atoms with Crippen molar-refractivity contribution in [1.82, 2.24) is 0 Å². The third-order valence-corrected chi connectivity index (χ3v) is 4.09. The van der Waals surface area contributed by atoms with Gasteiger partial charge >= 0.3 is 0 Å². The van der Waals surface area contributed by atoms with Crippen LogP contribution in [0.3, 0.4) is 0 Å². The molecule has 0 unspecified atom stereocenters. The Hall–Kier alpha value is -0.570. The number of nitrogens with zero attached hydrogens (tertiary/aromatic N) is 1. The summed E-state index contributed by atoms with van der Waals surface area (Å²) in [5.74, 6) is 1.17. The van der Waals surface area contributed by atoms with Gasteiger partial charge in [0.25, 0.3) is 0 Å². The molecule has 0 saturated heterocycles. The second-order valence-electron chi connectivity index (χ2n) is 6.23. The first-order chi connectivity index (χ1) is 9.45. The Morgan fingerprint density at radius 1 is 1.05 bits per heavy atom. The average Bonchev–Trinajstić information content (AvgIpc) is 2.39. The van der Waals surface area contributed by atoms with Crippen LogP contribution in [0.2, 0.25) is 0 Å². The van der Waals surface area contributed by atoms with E-state index in [0.29, 0.717) is 17.2 Å². The van der Waals surface area contributed by atoms with Gasteiger partial charge in [0.1, 0.15) is 5.82 Å². The lowest BCUT2D eigenvalue weighted by Crippen LogP contribution is -2.29. The van der Waals surface area contributed by atoms with Crippen LogP contribution in [-0.2, 0) is 5.33 Å². The molecule has 0 atom stereocenters. The van der Waals surface area contributed by atoms with Gasteiger partial charge in [0.05, 0.1) is 5.69 Å². The summed E-state index contributed by atoms with van der Waals surface area (Å²) < 4.78 is 14.3. The summed E-state index contributed by atoms with van der Waals surface area (Å²) in [5.41, 5.74) is 1.82. The molecule has 0 aliphatic carbocycles. The molecule has 0 heterocycles. The van der Waals surface area contributed by atoms with Gasteiger partial charge in [-0.25, -0.2) is 4.39 Å². The van der Waals surface area contributed by atoms with Gasteiger partial charge in [-0.2, -0.15) is 0 Å². The van der Waals surface area contributed by atoms with Crippen LogP contribution in [0.4, 0.5) is 10.1 Å². The maximum Gasteiger partial charge on any atom is 0.146 e. The third kappa shape index (κ3) is 5.43. The molecule has 0 fully saturated rings. The Morgan fingerprint density at radius 2 is 1.60 bits per heavy atom. The van der Waals surface area contributed by atoms with Crippen LogP contribution in [-0.4, -0.2) is 13.1 Å². The van der Waals surface area contributed by atoms with E-state index >= 15 is 0 Å². The van der Waals surface area contributed by atoms with Gasteiger partial charge < -0.3 is 4.90 Å². The van der Waals surface area contributed by atoms with Crippen LogP contribution in [0.25, 0.3) is 0 Å². The molecule has 0 radical (unpaired) electrons. The van der Waals surface area contributed by atoms with Crippen LogP contribution < -0.4 is 4.90 Å². The molecule has 0 N–H and O–H groups in total. The number of rotatable bonds is 8. The zero-order chi connectivity index (χ0) is 15.1. The fourth-order valence-electron chi connectivity index (χ4n) is 2.19.